The van der Waals surface area contributed by atoms with E-state index in [2.05, 4.69) is 25.6 Å². The number of benzene rings is 1. The predicted octanol–water partition coefficient (Wildman–Crippen LogP) is 4.17. The van der Waals surface area contributed by atoms with Crippen molar-refractivity contribution in [2.75, 3.05) is 11.9 Å². The molecule has 0 fully saturated rings. The standard InChI is InChI=1S/C20H20F3N5O2S/c1-11-6-12(14-9-25-17(31-14)16(29)26-10-19(2,3)30)8-13(7-11)27-18-24-5-4-15(28-18)20(21,22)23/h4-9,30H,10H2,1-3H3,(H,26,29)(H,24,27,28). The lowest BCUT2D eigenvalue weighted by Crippen LogP contribution is -2.38. The summed E-state index contributed by atoms with van der Waals surface area (Å²) in [7, 11) is 0. The Labute approximate surface area is 180 Å². The molecule has 7 nitrogen and oxygen atoms in total. The molecule has 0 atom stereocenters. The highest BCUT2D eigenvalue weighted by Crippen LogP contribution is 2.31. The average molecular weight is 451 g/mol. The molecule has 0 saturated heterocycles. The van der Waals surface area contributed by atoms with Crippen molar-refractivity contribution < 1.29 is 23.1 Å². The molecule has 0 aliphatic heterocycles. The number of amides is 1. The predicted molar refractivity (Wildman–Crippen MR) is 111 cm³/mol. The van der Waals surface area contributed by atoms with E-state index < -0.39 is 23.4 Å². The molecule has 2 heterocycles. The van der Waals surface area contributed by atoms with Crippen LogP contribution >= 0.6 is 11.3 Å². The summed E-state index contributed by atoms with van der Waals surface area (Å²) in [6, 6.07) is 6.12. The third-order valence-corrected chi connectivity index (χ3v) is 4.99. The van der Waals surface area contributed by atoms with Gasteiger partial charge in [-0.2, -0.15) is 13.2 Å². The van der Waals surface area contributed by atoms with Crippen molar-refractivity contribution in [2.24, 2.45) is 0 Å². The molecule has 1 aromatic carbocycles. The number of thiazole rings is 1. The summed E-state index contributed by atoms with van der Waals surface area (Å²) in [6.45, 7) is 5.07. The number of nitrogens with zero attached hydrogens (tertiary/aromatic N) is 3. The zero-order chi connectivity index (χ0) is 22.8. The fourth-order valence-corrected chi connectivity index (χ4v) is 3.41. The van der Waals surface area contributed by atoms with Crippen molar-refractivity contribution in [3.05, 3.63) is 52.9 Å². The third-order valence-electron chi connectivity index (χ3n) is 3.95. The Bertz CT molecular complexity index is 1090. The summed E-state index contributed by atoms with van der Waals surface area (Å²) in [5.41, 5.74) is -0.0158. The number of carbonyl (C=O) groups is 1. The number of anilines is 2. The van der Waals surface area contributed by atoms with Gasteiger partial charge in [0.15, 0.2) is 5.01 Å². The van der Waals surface area contributed by atoms with E-state index in [0.717, 1.165) is 34.7 Å². The number of carbonyl (C=O) groups excluding carboxylic acids is 1. The van der Waals surface area contributed by atoms with Gasteiger partial charge in [0.2, 0.25) is 5.95 Å². The number of halogens is 3. The first-order chi connectivity index (χ1) is 14.4. The molecule has 164 valence electrons. The molecule has 2 aromatic heterocycles. The van der Waals surface area contributed by atoms with E-state index in [1.54, 1.807) is 32.2 Å². The lowest BCUT2D eigenvalue weighted by atomic mass is 10.1. The SMILES string of the molecule is Cc1cc(Nc2nccc(C(F)(F)F)n2)cc(-c2cnc(C(=O)NCC(C)(C)O)s2)c1. The number of aliphatic hydroxyl groups is 1. The molecule has 11 heteroatoms. The molecule has 0 saturated carbocycles. The van der Waals surface area contributed by atoms with Gasteiger partial charge in [0.25, 0.3) is 5.91 Å². The second kappa shape index (κ2) is 8.60. The minimum Gasteiger partial charge on any atom is -0.389 e. The Hall–Kier alpha value is -3.05. The van der Waals surface area contributed by atoms with Crippen LogP contribution in [0.4, 0.5) is 24.8 Å². The van der Waals surface area contributed by atoms with Crippen LogP contribution in [0.3, 0.4) is 0 Å². The van der Waals surface area contributed by atoms with E-state index in [4.69, 9.17) is 0 Å². The molecule has 0 aliphatic rings. The smallest absolute Gasteiger partial charge is 0.389 e. The Balaban J connectivity index is 1.81. The van der Waals surface area contributed by atoms with Crippen molar-refractivity contribution in [1.29, 1.82) is 0 Å². The lowest BCUT2D eigenvalue weighted by molar-refractivity contribution is -0.141. The van der Waals surface area contributed by atoms with Crippen LogP contribution in [0.5, 0.6) is 0 Å². The highest BCUT2D eigenvalue weighted by molar-refractivity contribution is 7.17. The van der Waals surface area contributed by atoms with Gasteiger partial charge < -0.3 is 15.7 Å². The van der Waals surface area contributed by atoms with Crippen LogP contribution in [0.25, 0.3) is 10.4 Å². The summed E-state index contributed by atoms with van der Waals surface area (Å²) >= 11 is 1.16. The van der Waals surface area contributed by atoms with E-state index in [1.165, 1.54) is 0 Å². The molecule has 3 aromatic rings. The number of hydrogen-bond donors (Lipinski definition) is 3. The maximum absolute atomic E-state index is 12.9. The van der Waals surface area contributed by atoms with Crippen LogP contribution in [0, 0.1) is 6.92 Å². The Morgan fingerprint density at radius 2 is 1.94 bits per heavy atom. The summed E-state index contributed by atoms with van der Waals surface area (Å²) < 4.78 is 38.6. The van der Waals surface area contributed by atoms with Gasteiger partial charge in [0.1, 0.15) is 5.69 Å². The van der Waals surface area contributed by atoms with Crippen molar-refractivity contribution in [2.45, 2.75) is 32.5 Å². The average Bonchev–Trinajstić information content (AvgIpc) is 3.15. The molecular weight excluding hydrogens is 431 g/mol. The van der Waals surface area contributed by atoms with Crippen LogP contribution in [-0.4, -0.2) is 38.1 Å². The van der Waals surface area contributed by atoms with Crippen LogP contribution in [0.1, 0.15) is 34.9 Å². The Kier molecular flexibility index (Phi) is 6.27. The monoisotopic (exact) mass is 451 g/mol. The molecule has 3 rings (SSSR count). The second-order valence-corrected chi connectivity index (χ2v) is 8.53. The van der Waals surface area contributed by atoms with Gasteiger partial charge in [-0.25, -0.2) is 15.0 Å². The van der Waals surface area contributed by atoms with Crippen LogP contribution in [0.2, 0.25) is 0 Å². The van der Waals surface area contributed by atoms with Gasteiger partial charge in [-0.3, -0.25) is 4.79 Å². The number of hydrogen-bond acceptors (Lipinski definition) is 7. The van der Waals surface area contributed by atoms with Gasteiger partial charge >= 0.3 is 6.18 Å². The first-order valence-electron chi connectivity index (χ1n) is 9.16. The number of alkyl halides is 3. The maximum atomic E-state index is 12.9. The summed E-state index contributed by atoms with van der Waals surface area (Å²) in [4.78, 5) is 24.4. The van der Waals surface area contributed by atoms with Crippen molar-refractivity contribution in [3.63, 3.8) is 0 Å². The molecule has 31 heavy (non-hydrogen) atoms. The largest absolute Gasteiger partial charge is 0.433 e. The number of nitrogens with one attached hydrogen (secondary N) is 2. The number of rotatable bonds is 6. The Morgan fingerprint density at radius 3 is 2.61 bits per heavy atom. The fraction of sp³-hybridized carbons (Fsp3) is 0.300. The highest BCUT2D eigenvalue weighted by atomic mass is 32.1. The van der Waals surface area contributed by atoms with Gasteiger partial charge in [0.05, 0.1) is 10.5 Å². The molecule has 0 spiro atoms. The highest BCUT2D eigenvalue weighted by Gasteiger charge is 2.32. The van der Waals surface area contributed by atoms with Crippen molar-refractivity contribution in [1.82, 2.24) is 20.3 Å². The van der Waals surface area contributed by atoms with Crippen LogP contribution < -0.4 is 10.6 Å². The first kappa shape index (κ1) is 22.6. The zero-order valence-corrected chi connectivity index (χ0v) is 17.7. The third kappa shape index (κ3) is 6.22. The topological polar surface area (TPSA) is 100 Å². The quantitative estimate of drug-likeness (QED) is 0.520. The molecule has 1 amide bonds. The van der Waals surface area contributed by atoms with Gasteiger partial charge in [-0.05, 0) is 50.1 Å². The summed E-state index contributed by atoms with van der Waals surface area (Å²) in [5, 5.41) is 15.4. The fourth-order valence-electron chi connectivity index (χ4n) is 2.59. The Morgan fingerprint density at radius 1 is 1.19 bits per heavy atom. The van der Waals surface area contributed by atoms with E-state index in [-0.39, 0.29) is 17.5 Å². The molecule has 3 N–H and O–H groups in total. The molecule has 0 radical (unpaired) electrons. The van der Waals surface area contributed by atoms with E-state index in [1.807, 2.05) is 13.0 Å². The van der Waals surface area contributed by atoms with Crippen molar-refractivity contribution in [3.8, 4) is 10.4 Å². The van der Waals surface area contributed by atoms with Crippen LogP contribution in [0.15, 0.2) is 36.7 Å². The van der Waals surface area contributed by atoms with Crippen molar-refractivity contribution >= 4 is 28.9 Å². The van der Waals surface area contributed by atoms with Gasteiger partial charge in [-0.1, -0.05) is 6.07 Å². The lowest BCUT2D eigenvalue weighted by Gasteiger charge is -2.16. The van der Waals surface area contributed by atoms with Crippen LogP contribution in [-0.2, 0) is 6.18 Å². The zero-order valence-electron chi connectivity index (χ0n) is 16.9. The molecular formula is C20H20F3N5O2S. The number of aryl methyl sites for hydroxylation is 1. The molecule has 0 bridgehead atoms. The summed E-state index contributed by atoms with van der Waals surface area (Å²) in [6.07, 6.45) is -1.98. The van der Waals surface area contributed by atoms with Gasteiger partial charge in [-0.15, -0.1) is 11.3 Å². The van der Waals surface area contributed by atoms with E-state index in [0.29, 0.717) is 10.6 Å². The van der Waals surface area contributed by atoms with E-state index in [9.17, 15) is 23.1 Å². The minimum atomic E-state index is -4.57. The first-order valence-corrected chi connectivity index (χ1v) is 9.98. The minimum absolute atomic E-state index is 0.0796. The molecule has 0 aliphatic carbocycles. The summed E-state index contributed by atoms with van der Waals surface area (Å²) in [5.74, 6) is -0.580. The van der Waals surface area contributed by atoms with Gasteiger partial charge in [0, 0.05) is 24.6 Å². The maximum Gasteiger partial charge on any atom is 0.433 e. The second-order valence-electron chi connectivity index (χ2n) is 7.50. The number of aromatic nitrogens is 3. The normalized spacial score (nSPS) is 12.0. The molecule has 0 unspecified atom stereocenters. The van der Waals surface area contributed by atoms with E-state index >= 15 is 0 Å².